The van der Waals surface area contributed by atoms with Gasteiger partial charge in [-0.2, -0.15) is 5.10 Å². The van der Waals surface area contributed by atoms with E-state index in [0.29, 0.717) is 5.69 Å². The number of benzene rings is 2. The summed E-state index contributed by atoms with van der Waals surface area (Å²) in [7, 11) is 0. The second-order valence-corrected chi connectivity index (χ2v) is 3.66. The lowest BCUT2D eigenvalue weighted by molar-refractivity contribution is 1.35. The summed E-state index contributed by atoms with van der Waals surface area (Å²) in [6.45, 7) is 0. The van der Waals surface area contributed by atoms with Crippen LogP contribution in [0.25, 0.3) is 0 Å². The molecule has 0 fully saturated rings. The predicted molar refractivity (Wildman–Crippen MR) is 72.9 cm³/mol. The van der Waals surface area contributed by atoms with E-state index in [2.05, 4.69) is 10.5 Å². The zero-order valence-corrected chi connectivity index (χ0v) is 9.30. The molecule has 86 valence electrons. The van der Waals surface area contributed by atoms with Gasteiger partial charge in [0.15, 0.2) is 0 Å². The molecular weight excluding hydrogens is 212 g/mol. The van der Waals surface area contributed by atoms with E-state index in [1.165, 1.54) is 0 Å². The fourth-order valence-corrected chi connectivity index (χ4v) is 1.37. The van der Waals surface area contributed by atoms with Crippen LogP contribution in [0.5, 0.6) is 0 Å². The van der Waals surface area contributed by atoms with Crippen LogP contribution in [0.15, 0.2) is 53.6 Å². The van der Waals surface area contributed by atoms with E-state index in [0.717, 1.165) is 16.9 Å². The molecule has 2 rings (SSSR count). The molecule has 0 unspecified atom stereocenters. The molecule has 0 bridgehead atoms. The smallest absolute Gasteiger partial charge is 0.0582 e. The lowest BCUT2D eigenvalue weighted by Gasteiger charge is -2.00. The Balaban J connectivity index is 2.00. The van der Waals surface area contributed by atoms with Crippen LogP contribution >= 0.6 is 0 Å². The average Bonchev–Trinajstić information content (AvgIpc) is 2.32. The number of hydrazone groups is 1. The Morgan fingerprint density at radius 3 is 2.41 bits per heavy atom. The molecule has 2 aromatic carbocycles. The average molecular weight is 226 g/mol. The first-order valence-electron chi connectivity index (χ1n) is 5.24. The molecule has 0 saturated carbocycles. The molecule has 17 heavy (non-hydrogen) atoms. The van der Waals surface area contributed by atoms with E-state index in [1.54, 1.807) is 6.21 Å². The minimum absolute atomic E-state index is 0.706. The highest BCUT2D eigenvalue weighted by molar-refractivity contribution is 5.80. The Bertz CT molecular complexity index is 517. The maximum atomic E-state index is 5.65. The van der Waals surface area contributed by atoms with E-state index in [9.17, 15) is 0 Å². The van der Waals surface area contributed by atoms with Gasteiger partial charge in [0.25, 0.3) is 0 Å². The van der Waals surface area contributed by atoms with E-state index in [-0.39, 0.29) is 0 Å². The standard InChI is InChI=1S/C13H14N4/c14-11-6-4-10(5-7-11)9-16-17-13-3-1-2-12(15)8-13/h1-9,17H,14-15H2/b16-9+. The van der Waals surface area contributed by atoms with Crippen molar-refractivity contribution in [2.75, 3.05) is 16.9 Å². The van der Waals surface area contributed by atoms with Crippen molar-refractivity contribution in [1.82, 2.24) is 0 Å². The second-order valence-electron chi connectivity index (χ2n) is 3.66. The molecule has 4 heteroatoms. The topological polar surface area (TPSA) is 76.4 Å². The first kappa shape index (κ1) is 11.0. The van der Waals surface area contributed by atoms with Gasteiger partial charge in [-0.25, -0.2) is 0 Å². The highest BCUT2D eigenvalue weighted by atomic mass is 15.3. The molecule has 0 amide bonds. The third kappa shape index (κ3) is 3.24. The lowest BCUT2D eigenvalue weighted by Crippen LogP contribution is -1.92. The van der Waals surface area contributed by atoms with Crippen molar-refractivity contribution in [2.24, 2.45) is 5.10 Å². The summed E-state index contributed by atoms with van der Waals surface area (Å²) in [4.78, 5) is 0. The minimum Gasteiger partial charge on any atom is -0.399 e. The van der Waals surface area contributed by atoms with Crippen LogP contribution in [-0.4, -0.2) is 6.21 Å². The summed E-state index contributed by atoms with van der Waals surface area (Å²) in [6.07, 6.45) is 1.72. The maximum Gasteiger partial charge on any atom is 0.0582 e. The molecule has 0 aliphatic carbocycles. The third-order valence-electron chi connectivity index (χ3n) is 2.23. The molecule has 0 atom stereocenters. The zero-order chi connectivity index (χ0) is 12.1. The number of anilines is 3. The Morgan fingerprint density at radius 1 is 0.941 bits per heavy atom. The first-order chi connectivity index (χ1) is 8.24. The van der Waals surface area contributed by atoms with Gasteiger partial charge >= 0.3 is 0 Å². The van der Waals surface area contributed by atoms with Crippen molar-refractivity contribution in [3.05, 3.63) is 54.1 Å². The molecule has 0 aliphatic heterocycles. The highest BCUT2D eigenvalue weighted by Crippen LogP contribution is 2.11. The van der Waals surface area contributed by atoms with Gasteiger partial charge in [-0.3, -0.25) is 5.43 Å². The largest absolute Gasteiger partial charge is 0.399 e. The minimum atomic E-state index is 0.706. The van der Waals surface area contributed by atoms with E-state index < -0.39 is 0 Å². The van der Waals surface area contributed by atoms with E-state index in [4.69, 9.17) is 11.5 Å². The molecule has 2 aromatic rings. The van der Waals surface area contributed by atoms with Crippen LogP contribution in [-0.2, 0) is 0 Å². The molecule has 0 spiro atoms. The Labute approximate surface area is 99.9 Å². The second kappa shape index (κ2) is 5.03. The maximum absolute atomic E-state index is 5.65. The van der Waals surface area contributed by atoms with Crippen molar-refractivity contribution in [1.29, 1.82) is 0 Å². The zero-order valence-electron chi connectivity index (χ0n) is 9.30. The number of hydrogen-bond donors (Lipinski definition) is 3. The van der Waals surface area contributed by atoms with Gasteiger partial charge in [-0.15, -0.1) is 0 Å². The fourth-order valence-electron chi connectivity index (χ4n) is 1.37. The third-order valence-corrected chi connectivity index (χ3v) is 2.23. The summed E-state index contributed by atoms with van der Waals surface area (Å²) in [6, 6.07) is 14.9. The van der Waals surface area contributed by atoms with Crippen LogP contribution in [0.3, 0.4) is 0 Å². The van der Waals surface area contributed by atoms with Crippen LogP contribution in [0.4, 0.5) is 17.1 Å². The monoisotopic (exact) mass is 226 g/mol. The van der Waals surface area contributed by atoms with Crippen molar-refractivity contribution < 1.29 is 0 Å². The van der Waals surface area contributed by atoms with Crippen molar-refractivity contribution in [2.45, 2.75) is 0 Å². The van der Waals surface area contributed by atoms with Gasteiger partial charge in [-0.05, 0) is 35.9 Å². The van der Waals surface area contributed by atoms with Crippen LogP contribution in [0, 0.1) is 0 Å². The number of nitrogens with zero attached hydrogens (tertiary/aromatic N) is 1. The van der Waals surface area contributed by atoms with Crippen molar-refractivity contribution >= 4 is 23.3 Å². The molecule has 4 nitrogen and oxygen atoms in total. The van der Waals surface area contributed by atoms with Crippen LogP contribution in [0.2, 0.25) is 0 Å². The number of rotatable bonds is 3. The van der Waals surface area contributed by atoms with Gasteiger partial charge in [0.2, 0.25) is 0 Å². The quantitative estimate of drug-likeness (QED) is 0.427. The Hall–Kier alpha value is -2.49. The highest BCUT2D eigenvalue weighted by Gasteiger charge is 1.90. The van der Waals surface area contributed by atoms with E-state index >= 15 is 0 Å². The summed E-state index contributed by atoms with van der Waals surface area (Å²) in [5.41, 5.74) is 17.4. The summed E-state index contributed by atoms with van der Waals surface area (Å²) in [5, 5.41) is 4.11. The van der Waals surface area contributed by atoms with Gasteiger partial charge in [0.1, 0.15) is 0 Å². The number of nitrogens with two attached hydrogens (primary N) is 2. The summed E-state index contributed by atoms with van der Waals surface area (Å²) in [5.74, 6) is 0. The number of hydrogen-bond acceptors (Lipinski definition) is 4. The SMILES string of the molecule is Nc1ccc(/C=N/Nc2cccc(N)c2)cc1. The molecule has 0 aromatic heterocycles. The van der Waals surface area contributed by atoms with Crippen molar-refractivity contribution in [3.63, 3.8) is 0 Å². The molecule has 0 aliphatic rings. The molecule has 0 saturated heterocycles. The predicted octanol–water partition coefficient (Wildman–Crippen LogP) is 2.30. The van der Waals surface area contributed by atoms with Gasteiger partial charge in [-0.1, -0.05) is 18.2 Å². The molecule has 5 N–H and O–H groups in total. The fraction of sp³-hybridized carbons (Fsp3) is 0. The van der Waals surface area contributed by atoms with Crippen LogP contribution < -0.4 is 16.9 Å². The summed E-state index contributed by atoms with van der Waals surface area (Å²) >= 11 is 0. The molecular formula is C13H14N4. The van der Waals surface area contributed by atoms with Gasteiger partial charge < -0.3 is 11.5 Å². The Morgan fingerprint density at radius 2 is 1.71 bits per heavy atom. The number of nitrogens with one attached hydrogen (secondary N) is 1. The van der Waals surface area contributed by atoms with Gasteiger partial charge in [0.05, 0.1) is 11.9 Å². The van der Waals surface area contributed by atoms with Crippen molar-refractivity contribution in [3.8, 4) is 0 Å². The normalized spacial score (nSPS) is 10.6. The number of nitrogen functional groups attached to an aromatic ring is 2. The van der Waals surface area contributed by atoms with E-state index in [1.807, 2.05) is 48.5 Å². The Kier molecular flexibility index (Phi) is 3.25. The lowest BCUT2D eigenvalue weighted by atomic mass is 10.2. The first-order valence-corrected chi connectivity index (χ1v) is 5.24. The van der Waals surface area contributed by atoms with Crippen LogP contribution in [0.1, 0.15) is 5.56 Å². The molecule has 0 heterocycles. The summed E-state index contributed by atoms with van der Waals surface area (Å²) < 4.78 is 0. The molecule has 0 radical (unpaired) electrons. The van der Waals surface area contributed by atoms with Gasteiger partial charge in [0, 0.05) is 11.4 Å².